The monoisotopic (exact) mass is 336 g/mol. The molecule has 0 spiro atoms. The first-order chi connectivity index (χ1) is 12.2. The zero-order valence-electron chi connectivity index (χ0n) is 15.5. The van der Waals surface area contributed by atoms with Gasteiger partial charge in [0.1, 0.15) is 12.4 Å². The van der Waals surface area contributed by atoms with Gasteiger partial charge in [-0.15, -0.1) is 0 Å². The van der Waals surface area contributed by atoms with E-state index >= 15 is 0 Å². The zero-order valence-corrected chi connectivity index (χ0v) is 15.5. The molecule has 1 N–H and O–H groups in total. The van der Waals surface area contributed by atoms with Crippen molar-refractivity contribution in [3.05, 3.63) is 65.4 Å². The highest BCUT2D eigenvalue weighted by molar-refractivity contribution is 5.90. The molecular formula is C22H28N2O. The van der Waals surface area contributed by atoms with E-state index in [4.69, 9.17) is 4.74 Å². The maximum absolute atomic E-state index is 6.26. The molecule has 0 saturated carbocycles. The lowest BCUT2D eigenvalue weighted by Gasteiger charge is -2.18. The number of ether oxygens (including phenoxy) is 1. The van der Waals surface area contributed by atoms with E-state index in [2.05, 4.69) is 73.3 Å². The van der Waals surface area contributed by atoms with Crippen LogP contribution in [0.5, 0.6) is 5.75 Å². The van der Waals surface area contributed by atoms with Crippen molar-refractivity contribution in [1.82, 2.24) is 9.88 Å². The van der Waals surface area contributed by atoms with E-state index in [1.165, 1.54) is 22.1 Å². The smallest absolute Gasteiger partial charge is 0.132 e. The molecule has 0 bridgehead atoms. The average molecular weight is 336 g/mol. The summed E-state index contributed by atoms with van der Waals surface area (Å²) in [5.41, 5.74) is 4.88. The topological polar surface area (TPSA) is 28.3 Å². The number of H-pyrrole nitrogens is 1. The molecule has 3 aromatic rings. The van der Waals surface area contributed by atoms with Gasteiger partial charge in [0, 0.05) is 23.6 Å². The Morgan fingerprint density at radius 2 is 1.76 bits per heavy atom. The fourth-order valence-electron chi connectivity index (χ4n) is 3.29. The number of aromatic amines is 1. The van der Waals surface area contributed by atoms with Crippen LogP contribution in [0.4, 0.5) is 0 Å². The Morgan fingerprint density at radius 1 is 1.00 bits per heavy atom. The van der Waals surface area contributed by atoms with E-state index in [1.54, 1.807) is 0 Å². The number of hydrogen-bond donors (Lipinski definition) is 1. The minimum Gasteiger partial charge on any atom is -0.488 e. The number of rotatable bonds is 8. The number of aromatic nitrogens is 1. The molecule has 132 valence electrons. The lowest BCUT2D eigenvalue weighted by atomic mass is 10.1. The van der Waals surface area contributed by atoms with Crippen LogP contribution in [0, 0.1) is 6.92 Å². The molecule has 0 unspecified atom stereocenters. The quantitative estimate of drug-likeness (QED) is 0.631. The first kappa shape index (κ1) is 17.6. The largest absolute Gasteiger partial charge is 0.488 e. The third-order valence-electron chi connectivity index (χ3n) is 4.90. The third kappa shape index (κ3) is 4.05. The van der Waals surface area contributed by atoms with E-state index in [0.29, 0.717) is 6.61 Å². The fraction of sp³-hybridized carbons (Fsp3) is 0.364. The Bertz CT molecular complexity index is 804. The molecule has 2 aromatic carbocycles. The number of likely N-dealkylation sites (N-methyl/N-ethyl adjacent to an activating group) is 1. The molecule has 0 aliphatic heterocycles. The van der Waals surface area contributed by atoms with E-state index in [9.17, 15) is 0 Å². The van der Waals surface area contributed by atoms with Crippen LogP contribution >= 0.6 is 0 Å². The van der Waals surface area contributed by atoms with Crippen molar-refractivity contribution in [3.63, 3.8) is 0 Å². The first-order valence-electron chi connectivity index (χ1n) is 9.21. The molecule has 3 nitrogen and oxygen atoms in total. The van der Waals surface area contributed by atoms with Gasteiger partial charge in [-0.05, 0) is 49.2 Å². The van der Waals surface area contributed by atoms with Gasteiger partial charge in [0.25, 0.3) is 0 Å². The summed E-state index contributed by atoms with van der Waals surface area (Å²) in [7, 11) is 0. The van der Waals surface area contributed by atoms with Crippen molar-refractivity contribution < 1.29 is 4.74 Å². The highest BCUT2D eigenvalue weighted by atomic mass is 16.5. The summed E-state index contributed by atoms with van der Waals surface area (Å²) in [6, 6.07) is 14.6. The van der Waals surface area contributed by atoms with Crippen molar-refractivity contribution in [3.8, 4) is 5.75 Å². The highest BCUT2D eigenvalue weighted by Gasteiger charge is 2.13. The van der Waals surface area contributed by atoms with Crippen molar-refractivity contribution in [2.75, 3.05) is 19.6 Å². The fourth-order valence-corrected chi connectivity index (χ4v) is 3.29. The summed E-state index contributed by atoms with van der Waals surface area (Å²) >= 11 is 0. The number of hydrogen-bond acceptors (Lipinski definition) is 2. The maximum atomic E-state index is 6.26. The number of nitrogens with zero attached hydrogens (tertiary/aromatic N) is 1. The molecule has 0 atom stereocenters. The third-order valence-corrected chi connectivity index (χ3v) is 4.90. The van der Waals surface area contributed by atoms with Gasteiger partial charge >= 0.3 is 0 Å². The van der Waals surface area contributed by atoms with Gasteiger partial charge in [0.05, 0.1) is 0 Å². The second-order valence-electron chi connectivity index (χ2n) is 6.50. The van der Waals surface area contributed by atoms with Crippen LogP contribution in [0.25, 0.3) is 10.9 Å². The second kappa shape index (κ2) is 8.21. The molecule has 0 radical (unpaired) electrons. The van der Waals surface area contributed by atoms with Gasteiger partial charge in [-0.2, -0.15) is 0 Å². The summed E-state index contributed by atoms with van der Waals surface area (Å²) in [5.74, 6) is 1.01. The minimum absolute atomic E-state index is 0.599. The minimum atomic E-state index is 0.599. The van der Waals surface area contributed by atoms with Crippen LogP contribution in [-0.4, -0.2) is 29.5 Å². The predicted molar refractivity (Wildman–Crippen MR) is 105 cm³/mol. The number of nitrogens with one attached hydrogen (secondary N) is 1. The van der Waals surface area contributed by atoms with Crippen molar-refractivity contribution in [2.24, 2.45) is 0 Å². The molecule has 0 amide bonds. The zero-order chi connectivity index (χ0) is 17.6. The molecule has 1 heterocycles. The van der Waals surface area contributed by atoms with Gasteiger partial charge < -0.3 is 14.6 Å². The first-order valence-corrected chi connectivity index (χ1v) is 9.21. The predicted octanol–water partition coefficient (Wildman–Crippen LogP) is 4.94. The summed E-state index contributed by atoms with van der Waals surface area (Å²) in [6.07, 6.45) is 3.18. The van der Waals surface area contributed by atoms with Crippen molar-refractivity contribution in [1.29, 1.82) is 0 Å². The van der Waals surface area contributed by atoms with Crippen molar-refractivity contribution in [2.45, 2.75) is 33.8 Å². The molecule has 0 aliphatic rings. The van der Waals surface area contributed by atoms with Crippen LogP contribution in [0.3, 0.4) is 0 Å². The molecule has 0 fully saturated rings. The molecule has 1 aromatic heterocycles. The number of benzene rings is 2. The summed E-state index contributed by atoms with van der Waals surface area (Å²) in [4.78, 5) is 5.87. The van der Waals surface area contributed by atoms with Gasteiger partial charge in [-0.3, -0.25) is 0 Å². The normalized spacial score (nSPS) is 11.4. The molecule has 25 heavy (non-hydrogen) atoms. The maximum Gasteiger partial charge on any atom is 0.132 e. The Balaban J connectivity index is 1.85. The molecule has 0 saturated heterocycles. The standard InChI is InChI=1S/C22H28N2O/c1-4-24(5-2)14-13-19-15-23-20-12-11-17(3)22(21(19)20)25-16-18-9-7-6-8-10-18/h6-12,15,23H,4-5,13-14,16H2,1-3H3. The molecular weight excluding hydrogens is 308 g/mol. The second-order valence-corrected chi connectivity index (χ2v) is 6.50. The lowest BCUT2D eigenvalue weighted by molar-refractivity contribution is 0.305. The summed E-state index contributed by atoms with van der Waals surface area (Å²) < 4.78 is 6.26. The van der Waals surface area contributed by atoms with Crippen LogP contribution in [0.15, 0.2) is 48.7 Å². The van der Waals surface area contributed by atoms with E-state index in [0.717, 1.165) is 37.3 Å². The number of aryl methyl sites for hydroxylation is 1. The van der Waals surface area contributed by atoms with Gasteiger partial charge in [0.15, 0.2) is 0 Å². The highest BCUT2D eigenvalue weighted by Crippen LogP contribution is 2.33. The van der Waals surface area contributed by atoms with Crippen LogP contribution in [0.1, 0.15) is 30.5 Å². The van der Waals surface area contributed by atoms with Crippen molar-refractivity contribution >= 4 is 10.9 Å². The summed E-state index contributed by atoms with van der Waals surface area (Å²) in [5, 5.41) is 1.24. The Labute approximate surface area is 150 Å². The number of fused-ring (bicyclic) bond motifs is 1. The van der Waals surface area contributed by atoms with Gasteiger partial charge in [0.2, 0.25) is 0 Å². The van der Waals surface area contributed by atoms with E-state index in [1.807, 2.05) is 6.07 Å². The Kier molecular flexibility index (Phi) is 5.77. The molecule has 3 heteroatoms. The van der Waals surface area contributed by atoms with Gasteiger partial charge in [-0.1, -0.05) is 50.2 Å². The average Bonchev–Trinajstić information content (AvgIpc) is 3.06. The van der Waals surface area contributed by atoms with E-state index in [-0.39, 0.29) is 0 Å². The van der Waals surface area contributed by atoms with E-state index < -0.39 is 0 Å². The van der Waals surface area contributed by atoms with Crippen LogP contribution in [-0.2, 0) is 13.0 Å². The summed E-state index contributed by atoms with van der Waals surface area (Å²) in [6.45, 7) is 10.4. The lowest BCUT2D eigenvalue weighted by Crippen LogP contribution is -2.25. The Morgan fingerprint density at radius 3 is 2.48 bits per heavy atom. The van der Waals surface area contributed by atoms with Gasteiger partial charge in [-0.25, -0.2) is 0 Å². The Hall–Kier alpha value is -2.26. The SMILES string of the molecule is CCN(CC)CCc1c[nH]c2ccc(C)c(OCc3ccccc3)c12. The molecule has 3 rings (SSSR count). The van der Waals surface area contributed by atoms with Crippen LogP contribution < -0.4 is 4.74 Å². The van der Waals surface area contributed by atoms with Crippen LogP contribution in [0.2, 0.25) is 0 Å². The molecule has 0 aliphatic carbocycles.